The maximum Gasteiger partial charge on any atom is 0.280 e. The van der Waals surface area contributed by atoms with E-state index < -0.39 is 9.84 Å². The van der Waals surface area contributed by atoms with Crippen molar-refractivity contribution in [2.24, 2.45) is 0 Å². The number of fused-ring (bicyclic) bond motifs is 1. The molecule has 0 aliphatic carbocycles. The molecule has 3 heterocycles. The lowest BCUT2D eigenvalue weighted by Gasteiger charge is -2.40. The molecular formula is C26H31BrClN5O3S2. The van der Waals surface area contributed by atoms with E-state index in [1.54, 1.807) is 13.0 Å². The van der Waals surface area contributed by atoms with Crippen LogP contribution in [0.15, 0.2) is 50.8 Å². The zero-order valence-electron chi connectivity index (χ0n) is 21.2. The van der Waals surface area contributed by atoms with Crippen LogP contribution in [0.3, 0.4) is 0 Å². The topological polar surface area (TPSA) is 87.5 Å². The quantitative estimate of drug-likeness (QED) is 0.404. The van der Waals surface area contributed by atoms with Crippen molar-refractivity contribution < 1.29 is 8.42 Å². The monoisotopic (exact) mass is 639 g/mol. The summed E-state index contributed by atoms with van der Waals surface area (Å²) >= 11 is 11.9. The van der Waals surface area contributed by atoms with Crippen LogP contribution in [0.4, 0.5) is 5.69 Å². The molecule has 0 spiro atoms. The van der Waals surface area contributed by atoms with Crippen molar-refractivity contribution in [3.05, 3.63) is 62.1 Å². The van der Waals surface area contributed by atoms with Gasteiger partial charge in [0.25, 0.3) is 5.56 Å². The first-order chi connectivity index (χ1) is 18.2. The second-order valence-corrected chi connectivity index (χ2v) is 14.5. The van der Waals surface area contributed by atoms with Gasteiger partial charge in [0.15, 0.2) is 9.84 Å². The Morgan fingerprint density at radius 2 is 1.87 bits per heavy atom. The summed E-state index contributed by atoms with van der Waals surface area (Å²) < 4.78 is 27.2. The maximum atomic E-state index is 13.3. The van der Waals surface area contributed by atoms with Crippen LogP contribution in [-0.2, 0) is 16.4 Å². The Morgan fingerprint density at radius 1 is 1.13 bits per heavy atom. The standard InChI is InChI=1S/C26H31BrClN5O3S2/c1-2-38(35,36)25-4-3-19(28)14-24(25)30-33-17-29-23-13-18(22(27)15-21(23)26(33)34)16-31-7-9-32(10-8-31)20-5-11-37-12-6-20/h3-4,13-15,17,20,30H,2,5-12,16H2,1H3. The molecule has 5 rings (SSSR count). The summed E-state index contributed by atoms with van der Waals surface area (Å²) in [6.45, 7) is 6.59. The van der Waals surface area contributed by atoms with Gasteiger partial charge in [-0.3, -0.25) is 20.0 Å². The van der Waals surface area contributed by atoms with Crippen molar-refractivity contribution in [1.29, 1.82) is 0 Å². The van der Waals surface area contributed by atoms with Crippen molar-refractivity contribution in [2.45, 2.75) is 37.2 Å². The molecule has 12 heteroatoms. The number of piperazine rings is 1. The van der Waals surface area contributed by atoms with E-state index in [1.165, 1.54) is 53.5 Å². The molecule has 2 saturated heterocycles. The molecule has 2 aliphatic heterocycles. The number of nitrogens with one attached hydrogen (secondary N) is 1. The number of nitrogens with zero attached hydrogens (tertiary/aromatic N) is 4. The zero-order valence-corrected chi connectivity index (χ0v) is 25.2. The lowest BCUT2D eigenvalue weighted by molar-refractivity contribution is 0.0879. The molecule has 2 aliphatic rings. The van der Waals surface area contributed by atoms with E-state index in [9.17, 15) is 13.2 Å². The summed E-state index contributed by atoms with van der Waals surface area (Å²) in [5.74, 6) is 2.48. The Labute approximate surface area is 240 Å². The Hall–Kier alpha value is -1.63. The summed E-state index contributed by atoms with van der Waals surface area (Å²) in [6, 6.07) is 8.95. The summed E-state index contributed by atoms with van der Waals surface area (Å²) in [6.07, 6.45) is 3.98. The van der Waals surface area contributed by atoms with E-state index in [1.807, 2.05) is 6.07 Å². The highest BCUT2D eigenvalue weighted by molar-refractivity contribution is 9.10. The van der Waals surface area contributed by atoms with Gasteiger partial charge in [0.1, 0.15) is 6.33 Å². The second kappa shape index (κ2) is 11.9. The van der Waals surface area contributed by atoms with Crippen LogP contribution in [0.1, 0.15) is 25.3 Å². The number of halogens is 2. The van der Waals surface area contributed by atoms with Gasteiger partial charge in [0, 0.05) is 48.3 Å². The summed E-state index contributed by atoms with van der Waals surface area (Å²) in [5.41, 5.74) is 4.47. The fourth-order valence-corrected chi connectivity index (χ4v) is 7.86. The van der Waals surface area contributed by atoms with Crippen LogP contribution in [0.5, 0.6) is 0 Å². The first kappa shape index (κ1) is 27.9. The first-order valence-corrected chi connectivity index (χ1v) is 16.8. The molecule has 2 aromatic carbocycles. The van der Waals surface area contributed by atoms with Gasteiger partial charge >= 0.3 is 0 Å². The third-order valence-electron chi connectivity index (χ3n) is 7.33. The first-order valence-electron chi connectivity index (χ1n) is 12.8. The van der Waals surface area contributed by atoms with Gasteiger partial charge in [-0.1, -0.05) is 34.5 Å². The summed E-state index contributed by atoms with van der Waals surface area (Å²) in [4.78, 5) is 23.0. The Balaban J connectivity index is 1.34. The van der Waals surface area contributed by atoms with Gasteiger partial charge in [-0.25, -0.2) is 18.1 Å². The maximum absolute atomic E-state index is 13.3. The van der Waals surface area contributed by atoms with Crippen LogP contribution in [0.2, 0.25) is 5.02 Å². The predicted molar refractivity (Wildman–Crippen MR) is 159 cm³/mol. The van der Waals surface area contributed by atoms with E-state index >= 15 is 0 Å². The average molecular weight is 641 g/mol. The number of thioether (sulfide) groups is 1. The van der Waals surface area contributed by atoms with E-state index in [2.05, 4.69) is 47.9 Å². The molecule has 0 radical (unpaired) electrons. The van der Waals surface area contributed by atoms with Crippen LogP contribution < -0.4 is 11.0 Å². The molecule has 0 atom stereocenters. The fraction of sp³-hybridized carbons (Fsp3) is 0.462. The lowest BCUT2D eigenvalue weighted by Crippen LogP contribution is -2.50. The Bertz CT molecular complexity index is 1490. The summed E-state index contributed by atoms with van der Waals surface area (Å²) in [5, 5.41) is 0.785. The number of sulfone groups is 1. The highest BCUT2D eigenvalue weighted by atomic mass is 79.9. The number of aromatic nitrogens is 2. The number of hydrogen-bond donors (Lipinski definition) is 1. The van der Waals surface area contributed by atoms with Gasteiger partial charge in [0.2, 0.25) is 0 Å². The second-order valence-electron chi connectivity index (χ2n) is 9.69. The molecule has 3 aromatic rings. The molecular weight excluding hydrogens is 610 g/mol. The largest absolute Gasteiger partial charge is 0.298 e. The van der Waals surface area contributed by atoms with E-state index in [4.69, 9.17) is 11.6 Å². The van der Waals surface area contributed by atoms with Gasteiger partial charge in [-0.15, -0.1) is 0 Å². The van der Waals surface area contributed by atoms with Crippen molar-refractivity contribution in [1.82, 2.24) is 19.5 Å². The highest BCUT2D eigenvalue weighted by Gasteiger charge is 2.26. The number of benzene rings is 2. The Kier molecular flexibility index (Phi) is 8.71. The minimum absolute atomic E-state index is 0.0707. The Morgan fingerprint density at radius 3 is 2.58 bits per heavy atom. The van der Waals surface area contributed by atoms with Crippen LogP contribution in [-0.4, -0.2) is 77.4 Å². The minimum atomic E-state index is -3.53. The fourth-order valence-electron chi connectivity index (χ4n) is 5.11. The molecule has 1 aromatic heterocycles. The number of rotatable bonds is 7. The summed E-state index contributed by atoms with van der Waals surface area (Å²) in [7, 11) is -3.53. The van der Waals surface area contributed by atoms with Gasteiger partial charge in [0.05, 0.1) is 27.2 Å². The smallest absolute Gasteiger partial charge is 0.280 e. The molecule has 0 amide bonds. The molecule has 38 heavy (non-hydrogen) atoms. The van der Waals surface area contributed by atoms with E-state index in [-0.39, 0.29) is 21.9 Å². The van der Waals surface area contributed by atoms with Crippen molar-refractivity contribution in [3.8, 4) is 0 Å². The molecule has 0 bridgehead atoms. The predicted octanol–water partition coefficient (Wildman–Crippen LogP) is 4.49. The molecule has 204 valence electrons. The van der Waals surface area contributed by atoms with Crippen LogP contribution >= 0.6 is 39.3 Å². The number of hydrogen-bond acceptors (Lipinski definition) is 8. The van der Waals surface area contributed by atoms with Gasteiger partial charge in [-0.05, 0) is 60.2 Å². The van der Waals surface area contributed by atoms with Crippen LogP contribution in [0, 0.1) is 0 Å². The van der Waals surface area contributed by atoms with Crippen LogP contribution in [0.25, 0.3) is 10.9 Å². The van der Waals surface area contributed by atoms with Gasteiger partial charge < -0.3 is 0 Å². The van der Waals surface area contributed by atoms with Gasteiger partial charge in [-0.2, -0.15) is 11.8 Å². The molecule has 8 nitrogen and oxygen atoms in total. The molecule has 2 fully saturated rings. The highest BCUT2D eigenvalue weighted by Crippen LogP contribution is 2.28. The molecule has 0 unspecified atom stereocenters. The third-order valence-corrected chi connectivity index (χ3v) is 11.1. The minimum Gasteiger partial charge on any atom is -0.298 e. The lowest BCUT2D eigenvalue weighted by atomic mass is 10.1. The SMILES string of the molecule is CCS(=O)(=O)c1ccc(Cl)cc1Nn1cnc2cc(CN3CCN(C4CCSCC4)CC3)c(Br)cc2c1=O. The zero-order chi connectivity index (χ0) is 26.9. The van der Waals surface area contributed by atoms with Crippen molar-refractivity contribution in [2.75, 3.05) is 48.9 Å². The number of anilines is 1. The van der Waals surface area contributed by atoms with E-state index in [0.717, 1.165) is 48.8 Å². The van der Waals surface area contributed by atoms with Crippen molar-refractivity contribution in [3.63, 3.8) is 0 Å². The third kappa shape index (κ3) is 6.08. The van der Waals surface area contributed by atoms with Crippen molar-refractivity contribution >= 4 is 65.7 Å². The molecule has 1 N–H and O–H groups in total. The average Bonchev–Trinajstić information content (AvgIpc) is 2.92. The molecule has 0 saturated carbocycles. The normalized spacial score (nSPS) is 18.2. The van der Waals surface area contributed by atoms with E-state index in [0.29, 0.717) is 15.9 Å².